The average molecular weight is 273 g/mol. The minimum Gasteiger partial charge on any atom is -0.378 e. The molecule has 1 unspecified atom stereocenters. The van der Waals surface area contributed by atoms with E-state index in [4.69, 9.17) is 10.5 Å². The largest absolute Gasteiger partial charge is 0.378 e. The lowest BCUT2D eigenvalue weighted by Gasteiger charge is -2.27. The zero-order valence-electron chi connectivity index (χ0n) is 11.9. The normalized spacial score (nSPS) is 19.3. The number of aliphatic imine (C=N–C) groups is 1. The minimum atomic E-state index is 0.295. The molecule has 1 fully saturated rings. The van der Waals surface area contributed by atoms with E-state index in [1.54, 1.807) is 0 Å². The molecule has 0 aromatic carbocycles. The van der Waals surface area contributed by atoms with E-state index >= 15 is 0 Å². The molecule has 0 aromatic heterocycles. The molecule has 0 aromatic rings. The summed E-state index contributed by atoms with van der Waals surface area (Å²) in [4.78, 5) is 6.67. The summed E-state index contributed by atoms with van der Waals surface area (Å²) in [6, 6.07) is 0. The van der Waals surface area contributed by atoms with E-state index in [2.05, 4.69) is 23.7 Å². The van der Waals surface area contributed by atoms with Crippen LogP contribution in [0.15, 0.2) is 4.99 Å². The molecule has 5 heteroatoms. The van der Waals surface area contributed by atoms with Crippen LogP contribution in [0.2, 0.25) is 0 Å². The Bertz CT molecular complexity index is 253. The number of guanidine groups is 1. The highest BCUT2D eigenvalue weighted by Gasteiger charge is 2.14. The number of hydrogen-bond donors (Lipinski definition) is 1. The molecule has 1 heterocycles. The lowest BCUT2D eigenvalue weighted by Crippen LogP contribution is -2.42. The van der Waals surface area contributed by atoms with Gasteiger partial charge >= 0.3 is 0 Å². The number of nitrogens with two attached hydrogens (primary N) is 1. The van der Waals surface area contributed by atoms with Crippen molar-refractivity contribution in [3.05, 3.63) is 0 Å². The smallest absolute Gasteiger partial charge is 0.191 e. The Hall–Kier alpha value is -0.420. The highest BCUT2D eigenvalue weighted by Crippen LogP contribution is 2.11. The summed E-state index contributed by atoms with van der Waals surface area (Å²) in [5.74, 6) is 3.55. The number of thioether (sulfide) groups is 1. The van der Waals surface area contributed by atoms with Gasteiger partial charge in [0.2, 0.25) is 0 Å². The zero-order chi connectivity index (χ0) is 13.4. The summed E-state index contributed by atoms with van der Waals surface area (Å²) in [5.41, 5.74) is 6.01. The van der Waals surface area contributed by atoms with Crippen LogP contribution in [0.3, 0.4) is 0 Å². The van der Waals surface area contributed by atoms with Gasteiger partial charge in [0.1, 0.15) is 0 Å². The second kappa shape index (κ2) is 8.64. The lowest BCUT2D eigenvalue weighted by atomic mass is 10.0. The molecular weight excluding hydrogens is 246 g/mol. The fraction of sp³-hybridized carbons (Fsp3) is 0.923. The fourth-order valence-corrected chi connectivity index (χ4v) is 2.93. The molecule has 1 aliphatic rings. The van der Waals surface area contributed by atoms with Crippen molar-refractivity contribution in [2.75, 3.05) is 37.7 Å². The van der Waals surface area contributed by atoms with Crippen LogP contribution < -0.4 is 5.73 Å². The van der Waals surface area contributed by atoms with E-state index in [1.807, 2.05) is 18.7 Å². The molecule has 1 aliphatic heterocycles. The van der Waals surface area contributed by atoms with Gasteiger partial charge in [-0.25, -0.2) is 0 Å². The van der Waals surface area contributed by atoms with Crippen molar-refractivity contribution < 1.29 is 4.74 Å². The molecule has 0 radical (unpaired) electrons. The number of hydrogen-bond acceptors (Lipinski definition) is 3. The number of rotatable bonds is 6. The Morgan fingerprint density at radius 2 is 2.06 bits per heavy atom. The van der Waals surface area contributed by atoms with Crippen LogP contribution in [-0.4, -0.2) is 54.7 Å². The van der Waals surface area contributed by atoms with E-state index in [0.717, 1.165) is 44.2 Å². The Kier molecular flexibility index (Phi) is 7.51. The van der Waals surface area contributed by atoms with Crippen molar-refractivity contribution in [3.8, 4) is 0 Å². The summed E-state index contributed by atoms with van der Waals surface area (Å²) >= 11 is 1.98. The van der Waals surface area contributed by atoms with E-state index in [-0.39, 0.29) is 0 Å². The Labute approximate surface area is 115 Å². The van der Waals surface area contributed by atoms with Crippen molar-refractivity contribution in [1.29, 1.82) is 0 Å². The standard InChI is InChI=1S/C13H27N3OS/c1-4-17-12(11(2)3)5-6-15-13(14)16-7-9-18-10-8-16/h11-12H,4-10H2,1-3H3,(H2,14,15). The molecule has 0 saturated carbocycles. The van der Waals surface area contributed by atoms with Gasteiger partial charge in [-0.3, -0.25) is 4.99 Å². The molecular formula is C13H27N3OS. The molecule has 0 spiro atoms. The first-order valence-corrected chi connectivity index (χ1v) is 8.04. The third kappa shape index (κ3) is 5.48. The molecule has 0 bridgehead atoms. The maximum Gasteiger partial charge on any atom is 0.191 e. The maximum atomic E-state index is 6.01. The molecule has 0 amide bonds. The SMILES string of the molecule is CCOC(CCN=C(N)N1CCSCC1)C(C)C. The number of nitrogens with zero attached hydrogens (tertiary/aromatic N) is 2. The molecule has 106 valence electrons. The summed E-state index contributed by atoms with van der Waals surface area (Å²) < 4.78 is 5.70. The van der Waals surface area contributed by atoms with Crippen LogP contribution in [0, 0.1) is 5.92 Å². The van der Waals surface area contributed by atoms with Gasteiger partial charge in [0.15, 0.2) is 5.96 Å². The summed E-state index contributed by atoms with van der Waals surface area (Å²) in [6.45, 7) is 10.0. The first-order valence-electron chi connectivity index (χ1n) is 6.89. The molecule has 4 nitrogen and oxygen atoms in total. The fourth-order valence-electron chi connectivity index (χ4n) is 2.02. The Balaban J connectivity index is 2.32. The van der Waals surface area contributed by atoms with Gasteiger partial charge in [-0.1, -0.05) is 13.8 Å². The van der Waals surface area contributed by atoms with Gasteiger partial charge in [-0.05, 0) is 19.3 Å². The highest BCUT2D eigenvalue weighted by atomic mass is 32.2. The van der Waals surface area contributed by atoms with Crippen LogP contribution in [0.25, 0.3) is 0 Å². The average Bonchev–Trinajstić information content (AvgIpc) is 2.38. The van der Waals surface area contributed by atoms with Gasteiger partial charge < -0.3 is 15.4 Å². The van der Waals surface area contributed by atoms with Gasteiger partial charge in [0.25, 0.3) is 0 Å². The first kappa shape index (κ1) is 15.6. The lowest BCUT2D eigenvalue weighted by molar-refractivity contribution is 0.0266. The van der Waals surface area contributed by atoms with E-state index < -0.39 is 0 Å². The first-order chi connectivity index (χ1) is 8.65. The minimum absolute atomic E-state index is 0.295. The van der Waals surface area contributed by atoms with Crippen molar-refractivity contribution in [3.63, 3.8) is 0 Å². The summed E-state index contributed by atoms with van der Waals surface area (Å²) in [7, 11) is 0. The van der Waals surface area contributed by atoms with Crippen LogP contribution in [0.1, 0.15) is 27.2 Å². The quantitative estimate of drug-likeness (QED) is 0.592. The monoisotopic (exact) mass is 273 g/mol. The van der Waals surface area contributed by atoms with Gasteiger partial charge in [-0.2, -0.15) is 11.8 Å². The predicted molar refractivity (Wildman–Crippen MR) is 80.3 cm³/mol. The number of ether oxygens (including phenoxy) is 1. The van der Waals surface area contributed by atoms with Crippen molar-refractivity contribution in [2.45, 2.75) is 33.3 Å². The predicted octanol–water partition coefficient (Wildman–Crippen LogP) is 1.80. The molecule has 18 heavy (non-hydrogen) atoms. The molecule has 1 saturated heterocycles. The Morgan fingerprint density at radius 1 is 1.39 bits per heavy atom. The maximum absolute atomic E-state index is 6.01. The van der Waals surface area contributed by atoms with Gasteiger partial charge in [-0.15, -0.1) is 0 Å². The Morgan fingerprint density at radius 3 is 2.61 bits per heavy atom. The van der Waals surface area contributed by atoms with Crippen LogP contribution >= 0.6 is 11.8 Å². The van der Waals surface area contributed by atoms with Crippen molar-refractivity contribution in [2.24, 2.45) is 16.6 Å². The topological polar surface area (TPSA) is 50.9 Å². The second-order valence-corrected chi connectivity index (χ2v) is 6.09. The van der Waals surface area contributed by atoms with Crippen molar-refractivity contribution in [1.82, 2.24) is 4.90 Å². The summed E-state index contributed by atoms with van der Waals surface area (Å²) in [6.07, 6.45) is 1.25. The third-order valence-electron chi connectivity index (χ3n) is 3.15. The molecule has 0 aliphatic carbocycles. The van der Waals surface area contributed by atoms with Crippen LogP contribution in [0.5, 0.6) is 0 Å². The van der Waals surface area contributed by atoms with Gasteiger partial charge in [0, 0.05) is 37.7 Å². The van der Waals surface area contributed by atoms with Crippen molar-refractivity contribution >= 4 is 17.7 Å². The second-order valence-electron chi connectivity index (χ2n) is 4.87. The zero-order valence-corrected chi connectivity index (χ0v) is 12.7. The molecule has 2 N–H and O–H groups in total. The van der Waals surface area contributed by atoms with E-state index in [9.17, 15) is 0 Å². The third-order valence-corrected chi connectivity index (χ3v) is 4.09. The summed E-state index contributed by atoms with van der Waals surface area (Å²) in [5, 5.41) is 0. The van der Waals surface area contributed by atoms with Gasteiger partial charge in [0.05, 0.1) is 6.10 Å². The highest BCUT2D eigenvalue weighted by molar-refractivity contribution is 7.99. The molecule has 1 atom stereocenters. The van der Waals surface area contributed by atoms with E-state index in [0.29, 0.717) is 18.0 Å². The molecule has 1 rings (SSSR count). The van der Waals surface area contributed by atoms with E-state index in [1.165, 1.54) is 0 Å². The van der Waals surface area contributed by atoms with Crippen LogP contribution in [0.4, 0.5) is 0 Å². The van der Waals surface area contributed by atoms with Crippen LogP contribution in [-0.2, 0) is 4.74 Å².